The summed E-state index contributed by atoms with van der Waals surface area (Å²) in [6, 6.07) is 4.30. The van der Waals surface area contributed by atoms with E-state index in [4.69, 9.17) is 5.11 Å². The van der Waals surface area contributed by atoms with E-state index in [1.165, 1.54) is 12.1 Å². The molecule has 0 atom stereocenters. The maximum absolute atomic E-state index is 13.7. The van der Waals surface area contributed by atoms with Gasteiger partial charge in [0.05, 0.1) is 18.3 Å². The van der Waals surface area contributed by atoms with Gasteiger partial charge in [-0.3, -0.25) is 14.4 Å². The third-order valence-corrected chi connectivity index (χ3v) is 2.87. The maximum Gasteiger partial charge on any atom is 0.303 e. The summed E-state index contributed by atoms with van der Waals surface area (Å²) < 4.78 is 13.7. The van der Waals surface area contributed by atoms with Crippen molar-refractivity contribution < 1.29 is 23.9 Å². The van der Waals surface area contributed by atoms with Crippen molar-refractivity contribution in [2.45, 2.75) is 19.8 Å². The first-order chi connectivity index (χ1) is 10.9. The summed E-state index contributed by atoms with van der Waals surface area (Å²) in [5, 5.41) is 18.1. The number of carboxylic acid groups (broad SMARTS) is 1. The van der Waals surface area contributed by atoms with Crippen molar-refractivity contribution >= 4 is 23.5 Å². The van der Waals surface area contributed by atoms with Crippen molar-refractivity contribution in [1.29, 1.82) is 0 Å². The number of halogens is 1. The highest BCUT2D eigenvalue weighted by molar-refractivity contribution is 6.02. The number of benzene rings is 1. The number of amides is 1. The van der Waals surface area contributed by atoms with Crippen LogP contribution in [0.2, 0.25) is 0 Å². The van der Waals surface area contributed by atoms with Crippen molar-refractivity contribution in [1.82, 2.24) is 15.0 Å². The lowest BCUT2D eigenvalue weighted by Gasteiger charge is -2.04. The summed E-state index contributed by atoms with van der Waals surface area (Å²) in [4.78, 5) is 34.6. The molecule has 0 spiro atoms. The van der Waals surface area contributed by atoms with Gasteiger partial charge in [0.1, 0.15) is 5.82 Å². The molecule has 0 fully saturated rings. The topological polar surface area (TPSA) is 114 Å². The Morgan fingerprint density at radius 3 is 2.70 bits per heavy atom. The third kappa shape index (κ3) is 4.19. The molecule has 1 aromatic carbocycles. The number of carbonyl (C=O) groups excluding carboxylic acids is 2. The number of aromatic nitrogens is 3. The number of carbonyl (C=O) groups is 3. The maximum atomic E-state index is 13.7. The fourth-order valence-electron chi connectivity index (χ4n) is 1.71. The Hall–Kier alpha value is -3.10. The van der Waals surface area contributed by atoms with E-state index in [2.05, 4.69) is 15.5 Å². The minimum atomic E-state index is -1.13. The number of hydrogen-bond acceptors (Lipinski definition) is 5. The standard InChI is InChI=1S/C14H13FN4O4/c1-8-2-3-10(9(15)6-8)17-14(23)11-7-16-19(18-11)12(20)4-5-13(21)22/h2-3,6-7H,4-5H2,1H3,(H,17,23)(H,21,22). The Balaban J connectivity index is 2.06. The number of anilines is 1. The molecule has 0 aliphatic carbocycles. The molecule has 1 heterocycles. The van der Waals surface area contributed by atoms with Crippen molar-refractivity contribution in [2.24, 2.45) is 0 Å². The Morgan fingerprint density at radius 2 is 2.04 bits per heavy atom. The van der Waals surface area contributed by atoms with Crippen molar-refractivity contribution in [3.05, 3.63) is 41.5 Å². The minimum Gasteiger partial charge on any atom is -0.481 e. The highest BCUT2D eigenvalue weighted by atomic mass is 19.1. The van der Waals surface area contributed by atoms with Crippen LogP contribution < -0.4 is 5.32 Å². The summed E-state index contributed by atoms with van der Waals surface area (Å²) in [5.74, 6) is -3.11. The number of carboxylic acids is 1. The summed E-state index contributed by atoms with van der Waals surface area (Å²) >= 11 is 0. The van der Waals surface area contributed by atoms with E-state index in [9.17, 15) is 18.8 Å². The largest absolute Gasteiger partial charge is 0.481 e. The van der Waals surface area contributed by atoms with Crippen LogP contribution in [0.15, 0.2) is 24.4 Å². The number of aryl methyl sites for hydroxylation is 1. The first-order valence-corrected chi connectivity index (χ1v) is 6.61. The van der Waals surface area contributed by atoms with Gasteiger partial charge in [-0.25, -0.2) is 4.39 Å². The molecule has 2 aromatic rings. The smallest absolute Gasteiger partial charge is 0.303 e. The molecule has 1 amide bonds. The normalized spacial score (nSPS) is 10.3. The fraction of sp³-hybridized carbons (Fsp3) is 0.214. The zero-order chi connectivity index (χ0) is 17.0. The summed E-state index contributed by atoms with van der Waals surface area (Å²) in [5.41, 5.74) is 0.497. The molecule has 8 nitrogen and oxygen atoms in total. The van der Waals surface area contributed by atoms with Crippen LogP contribution in [-0.2, 0) is 4.79 Å². The molecule has 0 aliphatic rings. The zero-order valence-corrected chi connectivity index (χ0v) is 12.1. The zero-order valence-electron chi connectivity index (χ0n) is 12.1. The Labute approximate surface area is 129 Å². The van der Waals surface area contributed by atoms with Gasteiger partial charge in [-0.1, -0.05) is 6.07 Å². The average molecular weight is 320 g/mol. The van der Waals surface area contributed by atoms with E-state index in [-0.39, 0.29) is 24.2 Å². The van der Waals surface area contributed by atoms with Crippen molar-refractivity contribution in [3.8, 4) is 0 Å². The lowest BCUT2D eigenvalue weighted by atomic mass is 10.2. The van der Waals surface area contributed by atoms with E-state index >= 15 is 0 Å². The molecule has 9 heteroatoms. The quantitative estimate of drug-likeness (QED) is 0.862. The van der Waals surface area contributed by atoms with E-state index < -0.39 is 23.6 Å². The van der Waals surface area contributed by atoms with Gasteiger partial charge in [-0.05, 0) is 24.6 Å². The van der Waals surface area contributed by atoms with Crippen LogP contribution in [0, 0.1) is 12.7 Å². The van der Waals surface area contributed by atoms with Gasteiger partial charge in [-0.2, -0.15) is 5.10 Å². The van der Waals surface area contributed by atoms with Crippen LogP contribution in [0.5, 0.6) is 0 Å². The van der Waals surface area contributed by atoms with Gasteiger partial charge >= 0.3 is 5.97 Å². The molecular weight excluding hydrogens is 307 g/mol. The molecule has 0 aliphatic heterocycles. The second-order valence-corrected chi connectivity index (χ2v) is 4.74. The first kappa shape index (κ1) is 16.3. The molecule has 0 saturated carbocycles. The van der Waals surface area contributed by atoms with E-state index in [0.29, 0.717) is 10.4 Å². The van der Waals surface area contributed by atoms with Gasteiger partial charge < -0.3 is 10.4 Å². The van der Waals surface area contributed by atoms with Crippen LogP contribution in [-0.4, -0.2) is 37.9 Å². The predicted molar refractivity (Wildman–Crippen MR) is 76.6 cm³/mol. The van der Waals surface area contributed by atoms with Crippen LogP contribution >= 0.6 is 0 Å². The Morgan fingerprint density at radius 1 is 1.30 bits per heavy atom. The van der Waals surface area contributed by atoms with Crippen molar-refractivity contribution in [2.75, 3.05) is 5.32 Å². The van der Waals surface area contributed by atoms with Gasteiger partial charge in [0.15, 0.2) is 5.69 Å². The SMILES string of the molecule is Cc1ccc(NC(=O)c2cnn(C(=O)CCC(=O)O)n2)c(F)c1. The molecular formula is C14H13FN4O4. The molecule has 0 radical (unpaired) electrons. The lowest BCUT2D eigenvalue weighted by molar-refractivity contribution is -0.137. The number of nitrogens with zero attached hydrogens (tertiary/aromatic N) is 3. The third-order valence-electron chi connectivity index (χ3n) is 2.87. The van der Waals surface area contributed by atoms with Crippen LogP contribution in [0.3, 0.4) is 0 Å². The molecule has 23 heavy (non-hydrogen) atoms. The van der Waals surface area contributed by atoms with Gasteiger partial charge in [0.25, 0.3) is 11.8 Å². The monoisotopic (exact) mass is 320 g/mol. The van der Waals surface area contributed by atoms with Crippen LogP contribution in [0.4, 0.5) is 10.1 Å². The number of rotatable bonds is 5. The molecule has 2 N–H and O–H groups in total. The highest BCUT2D eigenvalue weighted by Crippen LogP contribution is 2.15. The molecule has 2 rings (SSSR count). The Kier molecular flexibility index (Phi) is 4.79. The highest BCUT2D eigenvalue weighted by Gasteiger charge is 2.16. The van der Waals surface area contributed by atoms with Gasteiger partial charge in [0.2, 0.25) is 0 Å². The summed E-state index contributed by atoms with van der Waals surface area (Å²) in [6.07, 6.45) is 0.383. The Bertz CT molecular complexity index is 772. The average Bonchev–Trinajstić information content (AvgIpc) is 2.97. The summed E-state index contributed by atoms with van der Waals surface area (Å²) in [6.45, 7) is 1.71. The lowest BCUT2D eigenvalue weighted by Crippen LogP contribution is -2.18. The number of nitrogens with one attached hydrogen (secondary N) is 1. The number of hydrogen-bond donors (Lipinski definition) is 2. The second-order valence-electron chi connectivity index (χ2n) is 4.74. The number of aliphatic carboxylic acids is 1. The van der Waals surface area contributed by atoms with E-state index in [1.807, 2.05) is 0 Å². The minimum absolute atomic E-state index is 0.0210. The molecule has 120 valence electrons. The van der Waals surface area contributed by atoms with Gasteiger partial charge in [0, 0.05) is 6.42 Å². The van der Waals surface area contributed by atoms with Crippen LogP contribution in [0.1, 0.15) is 33.7 Å². The predicted octanol–water partition coefficient (Wildman–Crippen LogP) is 1.48. The van der Waals surface area contributed by atoms with Gasteiger partial charge in [-0.15, -0.1) is 9.90 Å². The molecule has 0 saturated heterocycles. The summed E-state index contributed by atoms with van der Waals surface area (Å²) in [7, 11) is 0. The first-order valence-electron chi connectivity index (χ1n) is 6.61. The molecule has 1 aromatic heterocycles. The fourth-order valence-corrected chi connectivity index (χ4v) is 1.71. The molecule has 0 bridgehead atoms. The van der Waals surface area contributed by atoms with Crippen molar-refractivity contribution in [3.63, 3.8) is 0 Å². The second kappa shape index (κ2) is 6.77. The van der Waals surface area contributed by atoms with E-state index in [0.717, 1.165) is 6.20 Å². The molecule has 0 unspecified atom stereocenters. The van der Waals surface area contributed by atoms with Crippen LogP contribution in [0.25, 0.3) is 0 Å². The van der Waals surface area contributed by atoms with E-state index in [1.54, 1.807) is 13.0 Å².